The highest BCUT2D eigenvalue weighted by atomic mass is 16.5. The van der Waals surface area contributed by atoms with Gasteiger partial charge in [0.25, 0.3) is 0 Å². The Kier molecular flexibility index (Phi) is 11.1. The molecule has 0 aliphatic heterocycles. The number of aryl methyl sites for hydroxylation is 2. The number of hydrogen-bond donors (Lipinski definition) is 0. The molecule has 10 rings (SSSR count). The van der Waals surface area contributed by atoms with Gasteiger partial charge in [0.05, 0.1) is 69.1 Å². The highest BCUT2D eigenvalue weighted by molar-refractivity contribution is 5.84. The Morgan fingerprint density at radius 3 is 1.44 bits per heavy atom. The lowest BCUT2D eigenvalue weighted by Gasteiger charge is -2.26. The molecule has 17 heteroatoms. The number of anilines is 4. The molecule has 4 heterocycles. The molecule has 2 saturated carbocycles. The Balaban J connectivity index is 0.000000158. The van der Waals surface area contributed by atoms with Crippen molar-refractivity contribution in [2.75, 3.05) is 51.3 Å². The van der Waals surface area contributed by atoms with Crippen molar-refractivity contribution in [3.63, 3.8) is 0 Å². The van der Waals surface area contributed by atoms with Crippen molar-refractivity contribution in [1.82, 2.24) is 55.1 Å². The van der Waals surface area contributed by atoms with E-state index in [2.05, 4.69) is 69.9 Å². The summed E-state index contributed by atoms with van der Waals surface area (Å²) < 4.78 is 25.2. The van der Waals surface area contributed by atoms with E-state index in [9.17, 15) is 0 Å². The fourth-order valence-electron chi connectivity index (χ4n) is 7.21. The van der Waals surface area contributed by atoms with Gasteiger partial charge in [0.15, 0.2) is 0 Å². The van der Waals surface area contributed by atoms with Crippen LogP contribution >= 0.6 is 0 Å². The van der Waals surface area contributed by atoms with Crippen molar-refractivity contribution < 1.29 is 18.9 Å². The minimum atomic E-state index is 0.576. The Bertz CT molecular complexity index is 2810. The maximum absolute atomic E-state index is 5.50. The third-order valence-electron chi connectivity index (χ3n) is 11.0. The van der Waals surface area contributed by atoms with E-state index in [0.717, 1.165) is 80.9 Å². The normalized spacial score (nSPS) is 13.4. The molecule has 4 aromatic heterocycles. The Hall–Kier alpha value is -7.43. The van der Waals surface area contributed by atoms with Crippen molar-refractivity contribution >= 4 is 44.8 Å². The van der Waals surface area contributed by atoms with Gasteiger partial charge in [-0.25, -0.2) is 14.6 Å². The van der Waals surface area contributed by atoms with E-state index in [1.165, 1.54) is 25.7 Å². The first-order valence-electron chi connectivity index (χ1n) is 20.4. The summed E-state index contributed by atoms with van der Waals surface area (Å²) in [5.74, 6) is 4.98. The van der Waals surface area contributed by atoms with Gasteiger partial charge in [0.1, 0.15) is 40.1 Å². The van der Waals surface area contributed by atoms with Crippen molar-refractivity contribution in [3.8, 4) is 45.9 Å². The van der Waals surface area contributed by atoms with Crippen LogP contribution in [0.1, 0.15) is 25.7 Å². The molecular formula is C45H47N13O4. The van der Waals surface area contributed by atoms with Crippen LogP contribution < -0.4 is 28.7 Å². The fourth-order valence-corrected chi connectivity index (χ4v) is 7.21. The van der Waals surface area contributed by atoms with Gasteiger partial charge in [-0.1, -0.05) is 5.21 Å². The zero-order valence-electron chi connectivity index (χ0n) is 35.5. The van der Waals surface area contributed by atoms with Crippen LogP contribution in [0.5, 0.6) is 23.0 Å². The summed E-state index contributed by atoms with van der Waals surface area (Å²) in [5, 5.41) is 19.8. The number of nitrogens with zero attached hydrogens (tertiary/aromatic N) is 13. The van der Waals surface area contributed by atoms with Gasteiger partial charge in [0.2, 0.25) is 5.82 Å². The number of aromatic nitrogens is 11. The van der Waals surface area contributed by atoms with E-state index >= 15 is 0 Å². The molecule has 8 aromatic rings. The van der Waals surface area contributed by atoms with Crippen molar-refractivity contribution in [1.29, 1.82) is 0 Å². The molecule has 0 radical (unpaired) electrons. The number of methoxy groups -OCH3 is 4. The molecule has 17 nitrogen and oxygen atoms in total. The van der Waals surface area contributed by atoms with Gasteiger partial charge in [-0.05, 0) is 84.3 Å². The van der Waals surface area contributed by atoms with Crippen LogP contribution in [0.3, 0.4) is 0 Å². The predicted molar refractivity (Wildman–Crippen MR) is 235 cm³/mol. The van der Waals surface area contributed by atoms with Crippen molar-refractivity contribution in [2.24, 2.45) is 25.9 Å². The second-order valence-electron chi connectivity index (χ2n) is 15.5. The fraction of sp³-hybridized carbons (Fsp3) is 0.311. The molecule has 2 aliphatic rings. The maximum Gasteiger partial charge on any atom is 0.202 e. The first-order chi connectivity index (χ1) is 30.3. The Morgan fingerprint density at radius 1 is 0.532 bits per heavy atom. The molecule has 2 fully saturated rings. The minimum Gasteiger partial charge on any atom is -0.497 e. The first kappa shape index (κ1) is 40.0. The summed E-state index contributed by atoms with van der Waals surface area (Å²) in [6.07, 6.45) is 10.3. The van der Waals surface area contributed by atoms with Gasteiger partial charge >= 0.3 is 0 Å². The van der Waals surface area contributed by atoms with Gasteiger partial charge in [-0.15, -0.1) is 10.2 Å². The summed E-state index contributed by atoms with van der Waals surface area (Å²) in [5.41, 5.74) is 9.44. The summed E-state index contributed by atoms with van der Waals surface area (Å²) in [6.45, 7) is 1.85. The zero-order chi connectivity index (χ0) is 42.7. The van der Waals surface area contributed by atoms with E-state index in [-0.39, 0.29) is 0 Å². The second-order valence-corrected chi connectivity index (χ2v) is 15.5. The lowest BCUT2D eigenvalue weighted by molar-refractivity contribution is 0.394. The molecule has 0 unspecified atom stereocenters. The number of rotatable bonds is 14. The van der Waals surface area contributed by atoms with Gasteiger partial charge in [-0.3, -0.25) is 14.6 Å². The van der Waals surface area contributed by atoms with Gasteiger partial charge < -0.3 is 28.7 Å². The highest BCUT2D eigenvalue weighted by Gasteiger charge is 2.28. The van der Waals surface area contributed by atoms with Gasteiger partial charge in [-0.2, -0.15) is 0 Å². The largest absolute Gasteiger partial charge is 0.497 e. The lowest BCUT2D eigenvalue weighted by Crippen LogP contribution is -2.20. The Labute approximate surface area is 358 Å². The number of ether oxygens (including phenoxy) is 4. The molecular weight excluding hydrogens is 787 g/mol. The number of fused-ring (bicyclic) bond motifs is 2. The number of benzene rings is 4. The summed E-state index contributed by atoms with van der Waals surface area (Å²) in [4.78, 5) is 23.3. The second kappa shape index (κ2) is 17.3. The topological polar surface area (TPSA) is 169 Å². The molecule has 4 aromatic carbocycles. The molecule has 0 saturated heterocycles. The average molecular weight is 834 g/mol. The first-order valence-corrected chi connectivity index (χ1v) is 20.4. The standard InChI is InChI=1S/C23H24N6O2.C22H23N7O2/c1-28-14-23(26-27-28)22-12-24-20-7-6-16(10-21(20)25-22)29(13-15-4-5-15)17-8-18(30-2)11-19(9-17)31-3;1-28-22(25-26-27-28)21-12-23-19-7-6-15(10-20(19)24-21)29(13-14-4-5-14)16-8-17(30-2)11-18(9-16)31-3/h6-12,14-15H,4-5,13H2,1-3H3;6-12,14H,4-5,13H2,1-3H3. The Morgan fingerprint density at radius 2 is 1.02 bits per heavy atom. The molecule has 0 bridgehead atoms. The highest BCUT2D eigenvalue weighted by Crippen LogP contribution is 2.40. The van der Waals surface area contributed by atoms with E-state index in [1.54, 1.807) is 57.2 Å². The van der Waals surface area contributed by atoms with Crippen LogP contribution in [-0.4, -0.2) is 96.7 Å². The molecule has 0 atom stereocenters. The van der Waals surface area contributed by atoms with Crippen LogP contribution in [0.4, 0.5) is 22.7 Å². The van der Waals surface area contributed by atoms with E-state index < -0.39 is 0 Å². The molecule has 316 valence electrons. The third-order valence-corrected chi connectivity index (χ3v) is 11.0. The molecule has 62 heavy (non-hydrogen) atoms. The maximum atomic E-state index is 5.50. The smallest absolute Gasteiger partial charge is 0.202 e. The zero-order valence-corrected chi connectivity index (χ0v) is 35.5. The average Bonchev–Trinajstić information content (AvgIpc) is 4.24. The monoisotopic (exact) mass is 833 g/mol. The summed E-state index contributed by atoms with van der Waals surface area (Å²) in [7, 11) is 10.3. The molecule has 0 spiro atoms. The summed E-state index contributed by atoms with van der Waals surface area (Å²) in [6, 6.07) is 24.2. The molecule has 0 amide bonds. The van der Waals surface area contributed by atoms with Crippen LogP contribution in [0.15, 0.2) is 91.4 Å². The van der Waals surface area contributed by atoms with Crippen LogP contribution in [0.25, 0.3) is 45.0 Å². The summed E-state index contributed by atoms with van der Waals surface area (Å²) >= 11 is 0. The lowest BCUT2D eigenvalue weighted by atomic mass is 10.1. The predicted octanol–water partition coefficient (Wildman–Crippen LogP) is 7.38. The van der Waals surface area contributed by atoms with Crippen molar-refractivity contribution in [2.45, 2.75) is 25.7 Å². The van der Waals surface area contributed by atoms with E-state index in [0.29, 0.717) is 34.7 Å². The van der Waals surface area contributed by atoms with Gasteiger partial charge in [0, 0.05) is 86.3 Å². The van der Waals surface area contributed by atoms with E-state index in [1.807, 2.05) is 61.8 Å². The SMILES string of the molecule is COc1cc(OC)cc(N(CC2CC2)c2ccc3ncc(-c4cn(C)nn4)nc3c2)c1.COc1cc(OC)cc(N(CC2CC2)c2ccc3ncc(-c4nnnn4C)nc3c2)c1. The van der Waals surface area contributed by atoms with Crippen molar-refractivity contribution in [3.05, 3.63) is 91.4 Å². The number of tetrazole rings is 1. The number of hydrogen-bond acceptors (Lipinski definition) is 15. The minimum absolute atomic E-state index is 0.576. The quantitative estimate of drug-likeness (QED) is 0.106. The van der Waals surface area contributed by atoms with Crippen LogP contribution in [-0.2, 0) is 14.1 Å². The van der Waals surface area contributed by atoms with Crippen LogP contribution in [0, 0.1) is 11.8 Å². The molecule has 0 N–H and O–H groups in total. The van der Waals surface area contributed by atoms with Crippen LogP contribution in [0.2, 0.25) is 0 Å². The third kappa shape index (κ3) is 8.87. The van der Waals surface area contributed by atoms with E-state index in [4.69, 9.17) is 28.9 Å². The molecule has 2 aliphatic carbocycles.